The Balaban J connectivity index is 1.79. The maximum atomic E-state index is 13.1. The first-order valence-corrected chi connectivity index (χ1v) is 9.74. The number of benzene rings is 2. The smallest absolute Gasteiger partial charge is 0.196 e. The van der Waals surface area contributed by atoms with E-state index in [0.29, 0.717) is 23.8 Å². The maximum absolute atomic E-state index is 13.1. The Hall–Kier alpha value is -2.14. The summed E-state index contributed by atoms with van der Waals surface area (Å²) in [5.74, 6) is 0.0524. The fourth-order valence-electron chi connectivity index (χ4n) is 3.07. The third-order valence-electron chi connectivity index (χ3n) is 4.40. The highest BCUT2D eigenvalue weighted by Gasteiger charge is 2.23. The highest BCUT2D eigenvalue weighted by molar-refractivity contribution is 7.19. The molecular formula is C21H18ClNO2S. The van der Waals surface area contributed by atoms with Crippen molar-refractivity contribution in [2.75, 3.05) is 31.2 Å². The van der Waals surface area contributed by atoms with E-state index in [4.69, 9.17) is 16.3 Å². The molecule has 0 aliphatic carbocycles. The molecule has 132 valence electrons. The minimum absolute atomic E-state index is 0.0524. The van der Waals surface area contributed by atoms with Gasteiger partial charge in [0.2, 0.25) is 0 Å². The van der Waals surface area contributed by atoms with Crippen LogP contribution in [-0.4, -0.2) is 32.1 Å². The number of carbonyl (C=O) groups is 1. The van der Waals surface area contributed by atoms with Crippen molar-refractivity contribution in [1.82, 2.24) is 0 Å². The Morgan fingerprint density at radius 1 is 1.00 bits per heavy atom. The van der Waals surface area contributed by atoms with Gasteiger partial charge in [0.1, 0.15) is 5.00 Å². The molecule has 26 heavy (non-hydrogen) atoms. The lowest BCUT2D eigenvalue weighted by Crippen LogP contribution is -2.36. The molecule has 1 aliphatic rings. The van der Waals surface area contributed by atoms with Crippen molar-refractivity contribution in [3.63, 3.8) is 0 Å². The van der Waals surface area contributed by atoms with E-state index in [2.05, 4.69) is 4.90 Å². The van der Waals surface area contributed by atoms with Crippen LogP contribution in [0.2, 0.25) is 5.02 Å². The van der Waals surface area contributed by atoms with Crippen LogP contribution in [0, 0.1) is 0 Å². The molecular weight excluding hydrogens is 366 g/mol. The number of halogens is 1. The molecule has 2 heterocycles. The zero-order valence-corrected chi connectivity index (χ0v) is 15.7. The quantitative estimate of drug-likeness (QED) is 0.584. The molecule has 2 aromatic carbocycles. The minimum Gasteiger partial charge on any atom is -0.378 e. The molecule has 0 radical (unpaired) electrons. The van der Waals surface area contributed by atoms with Crippen LogP contribution in [0.4, 0.5) is 5.00 Å². The first-order chi connectivity index (χ1) is 12.7. The number of thiophene rings is 1. The lowest BCUT2D eigenvalue weighted by atomic mass is 10.0. The molecule has 0 N–H and O–H groups in total. The topological polar surface area (TPSA) is 29.5 Å². The number of hydrogen-bond acceptors (Lipinski definition) is 4. The fourth-order valence-corrected chi connectivity index (χ4v) is 4.47. The number of ether oxygens (including phenoxy) is 1. The minimum atomic E-state index is 0.0524. The monoisotopic (exact) mass is 383 g/mol. The Bertz CT molecular complexity index is 917. The van der Waals surface area contributed by atoms with E-state index in [0.717, 1.165) is 34.1 Å². The molecule has 0 atom stereocenters. The molecule has 0 spiro atoms. The molecule has 0 unspecified atom stereocenters. The number of morpholine rings is 1. The summed E-state index contributed by atoms with van der Waals surface area (Å²) >= 11 is 7.80. The standard InChI is InChI=1S/C21H18ClNO2S/c22-17-8-4-7-16(13-17)19-14-18(20(24)15-5-2-1-3-6-15)21(26-19)23-9-11-25-12-10-23/h1-8,13-14H,9-12H2. The van der Waals surface area contributed by atoms with Crippen LogP contribution in [0.3, 0.4) is 0 Å². The van der Waals surface area contributed by atoms with Crippen LogP contribution < -0.4 is 4.90 Å². The number of ketones is 1. The molecule has 4 rings (SSSR count). The molecule has 1 saturated heterocycles. The lowest BCUT2D eigenvalue weighted by molar-refractivity contribution is 0.103. The summed E-state index contributed by atoms with van der Waals surface area (Å²) < 4.78 is 5.47. The van der Waals surface area contributed by atoms with E-state index in [1.807, 2.05) is 60.7 Å². The molecule has 1 aromatic heterocycles. The Morgan fingerprint density at radius 2 is 1.77 bits per heavy atom. The van der Waals surface area contributed by atoms with E-state index in [9.17, 15) is 4.79 Å². The summed E-state index contributed by atoms with van der Waals surface area (Å²) in [5, 5.41) is 1.71. The van der Waals surface area contributed by atoms with E-state index in [-0.39, 0.29) is 5.78 Å². The summed E-state index contributed by atoms with van der Waals surface area (Å²) in [5.41, 5.74) is 2.49. The number of carbonyl (C=O) groups excluding carboxylic acids is 1. The van der Waals surface area contributed by atoms with Crippen LogP contribution in [0.5, 0.6) is 0 Å². The van der Waals surface area contributed by atoms with Gasteiger partial charge in [-0.25, -0.2) is 0 Å². The van der Waals surface area contributed by atoms with Gasteiger partial charge in [0.15, 0.2) is 5.78 Å². The third kappa shape index (κ3) is 3.54. The lowest BCUT2D eigenvalue weighted by Gasteiger charge is -2.28. The average molecular weight is 384 g/mol. The normalized spacial score (nSPS) is 14.4. The Kier molecular flexibility index (Phi) is 5.07. The second-order valence-electron chi connectivity index (χ2n) is 6.13. The van der Waals surface area contributed by atoms with Crippen molar-refractivity contribution in [3.8, 4) is 10.4 Å². The highest BCUT2D eigenvalue weighted by Crippen LogP contribution is 2.39. The van der Waals surface area contributed by atoms with Crippen LogP contribution in [0.1, 0.15) is 15.9 Å². The van der Waals surface area contributed by atoms with E-state index in [1.54, 1.807) is 11.3 Å². The molecule has 0 bridgehead atoms. The summed E-state index contributed by atoms with van der Waals surface area (Å²) in [6.07, 6.45) is 0. The number of hydrogen-bond donors (Lipinski definition) is 0. The Labute approximate surface area is 161 Å². The van der Waals surface area contributed by atoms with Gasteiger partial charge >= 0.3 is 0 Å². The zero-order valence-electron chi connectivity index (χ0n) is 14.2. The zero-order chi connectivity index (χ0) is 17.9. The predicted octanol–water partition coefficient (Wildman–Crippen LogP) is 5.14. The van der Waals surface area contributed by atoms with Gasteiger partial charge in [-0.05, 0) is 23.8 Å². The molecule has 0 amide bonds. The van der Waals surface area contributed by atoms with Gasteiger partial charge in [0, 0.05) is 28.6 Å². The fraction of sp³-hybridized carbons (Fsp3) is 0.190. The van der Waals surface area contributed by atoms with Crippen LogP contribution in [0.25, 0.3) is 10.4 Å². The van der Waals surface area contributed by atoms with Gasteiger partial charge in [0.05, 0.1) is 18.8 Å². The van der Waals surface area contributed by atoms with Crippen LogP contribution in [-0.2, 0) is 4.74 Å². The van der Waals surface area contributed by atoms with E-state index >= 15 is 0 Å². The number of nitrogens with zero attached hydrogens (tertiary/aromatic N) is 1. The van der Waals surface area contributed by atoms with Crippen molar-refractivity contribution in [2.24, 2.45) is 0 Å². The van der Waals surface area contributed by atoms with Crippen molar-refractivity contribution in [3.05, 3.63) is 76.8 Å². The van der Waals surface area contributed by atoms with E-state index in [1.165, 1.54) is 0 Å². The van der Waals surface area contributed by atoms with E-state index < -0.39 is 0 Å². The molecule has 0 saturated carbocycles. The Morgan fingerprint density at radius 3 is 2.50 bits per heavy atom. The van der Waals surface area contributed by atoms with Gasteiger partial charge in [-0.1, -0.05) is 54.1 Å². The van der Waals surface area contributed by atoms with Gasteiger partial charge in [-0.15, -0.1) is 11.3 Å². The average Bonchev–Trinajstić information content (AvgIpc) is 3.14. The largest absolute Gasteiger partial charge is 0.378 e. The molecule has 3 nitrogen and oxygen atoms in total. The molecule has 1 fully saturated rings. The second kappa shape index (κ2) is 7.62. The first-order valence-electron chi connectivity index (χ1n) is 8.54. The summed E-state index contributed by atoms with van der Waals surface area (Å²) in [6, 6.07) is 19.2. The second-order valence-corrected chi connectivity index (χ2v) is 7.60. The third-order valence-corrected chi connectivity index (χ3v) is 5.88. The summed E-state index contributed by atoms with van der Waals surface area (Å²) in [7, 11) is 0. The van der Waals surface area contributed by atoms with Crippen molar-refractivity contribution < 1.29 is 9.53 Å². The molecule has 3 aromatic rings. The molecule has 5 heteroatoms. The van der Waals surface area contributed by atoms with Crippen LogP contribution in [0.15, 0.2) is 60.7 Å². The number of anilines is 1. The maximum Gasteiger partial charge on any atom is 0.196 e. The van der Waals surface area contributed by atoms with Gasteiger partial charge in [-0.2, -0.15) is 0 Å². The van der Waals surface area contributed by atoms with Crippen molar-refractivity contribution >= 4 is 33.7 Å². The SMILES string of the molecule is O=C(c1ccccc1)c1cc(-c2cccc(Cl)c2)sc1N1CCOCC1. The predicted molar refractivity (Wildman–Crippen MR) is 108 cm³/mol. The van der Waals surface area contributed by atoms with Crippen molar-refractivity contribution in [2.45, 2.75) is 0 Å². The van der Waals surface area contributed by atoms with Crippen LogP contribution >= 0.6 is 22.9 Å². The molecule has 1 aliphatic heterocycles. The van der Waals surface area contributed by atoms with Gasteiger partial charge in [-0.3, -0.25) is 4.79 Å². The summed E-state index contributed by atoms with van der Waals surface area (Å²) in [6.45, 7) is 2.96. The number of rotatable bonds is 4. The summed E-state index contributed by atoms with van der Waals surface area (Å²) in [4.78, 5) is 16.4. The first kappa shape index (κ1) is 17.3. The van der Waals surface area contributed by atoms with Crippen molar-refractivity contribution in [1.29, 1.82) is 0 Å². The van der Waals surface area contributed by atoms with Gasteiger partial charge < -0.3 is 9.64 Å². The van der Waals surface area contributed by atoms with Gasteiger partial charge in [0.25, 0.3) is 0 Å². The highest BCUT2D eigenvalue weighted by atomic mass is 35.5.